The molecule has 0 aliphatic carbocycles. The molecule has 124 valence electrons. The van der Waals surface area contributed by atoms with Crippen molar-refractivity contribution in [1.82, 2.24) is 10.3 Å². The second-order valence-corrected chi connectivity index (χ2v) is 6.48. The summed E-state index contributed by atoms with van der Waals surface area (Å²) >= 11 is 1.54. The van der Waals surface area contributed by atoms with E-state index in [9.17, 15) is 9.90 Å². The van der Waals surface area contributed by atoms with Crippen molar-refractivity contribution in [3.63, 3.8) is 0 Å². The lowest BCUT2D eigenvalue weighted by molar-refractivity contribution is 0.0918. The lowest BCUT2D eigenvalue weighted by Gasteiger charge is -2.18. The zero-order chi connectivity index (χ0) is 17.1. The number of aliphatic hydroxyl groups is 1. The van der Waals surface area contributed by atoms with Gasteiger partial charge in [0, 0.05) is 19.5 Å². The Hall–Kier alpha value is -2.44. The molecule has 0 aliphatic rings. The summed E-state index contributed by atoms with van der Waals surface area (Å²) in [6.45, 7) is -0.147. The SMILES string of the molecule is CN(C)c1cc(C(=O)N[C@H](CO)c2ccsc2)c2ccccc2n1. The molecule has 1 aromatic carbocycles. The van der Waals surface area contributed by atoms with Crippen molar-refractivity contribution >= 4 is 34.0 Å². The smallest absolute Gasteiger partial charge is 0.252 e. The minimum atomic E-state index is -0.418. The zero-order valence-corrected chi connectivity index (χ0v) is 14.4. The summed E-state index contributed by atoms with van der Waals surface area (Å²) in [6, 6.07) is 10.8. The Kier molecular flexibility index (Phi) is 4.78. The number of amides is 1. The summed E-state index contributed by atoms with van der Waals surface area (Å²) in [5.41, 5.74) is 2.23. The van der Waals surface area contributed by atoms with Crippen molar-refractivity contribution in [2.45, 2.75) is 6.04 Å². The molecule has 1 atom stereocenters. The number of hydrogen-bond acceptors (Lipinski definition) is 5. The fraction of sp³-hybridized carbons (Fsp3) is 0.222. The molecule has 2 heterocycles. The molecule has 0 aliphatic heterocycles. The maximum absolute atomic E-state index is 12.8. The Bertz CT molecular complexity index is 847. The van der Waals surface area contributed by atoms with E-state index in [4.69, 9.17) is 0 Å². The molecule has 3 rings (SSSR count). The number of aliphatic hydroxyl groups excluding tert-OH is 1. The molecule has 0 saturated carbocycles. The van der Waals surface area contributed by atoms with E-state index < -0.39 is 6.04 Å². The van der Waals surface area contributed by atoms with E-state index in [1.807, 2.05) is 60.1 Å². The van der Waals surface area contributed by atoms with Crippen LogP contribution in [0.15, 0.2) is 47.2 Å². The molecule has 0 bridgehead atoms. The van der Waals surface area contributed by atoms with Crippen molar-refractivity contribution in [2.24, 2.45) is 0 Å². The van der Waals surface area contributed by atoms with Gasteiger partial charge in [-0.2, -0.15) is 11.3 Å². The van der Waals surface area contributed by atoms with Crippen LogP contribution < -0.4 is 10.2 Å². The number of benzene rings is 1. The van der Waals surface area contributed by atoms with Gasteiger partial charge < -0.3 is 15.3 Å². The highest BCUT2D eigenvalue weighted by Gasteiger charge is 2.18. The van der Waals surface area contributed by atoms with Crippen molar-refractivity contribution in [3.05, 3.63) is 58.3 Å². The Balaban J connectivity index is 1.99. The maximum Gasteiger partial charge on any atom is 0.252 e. The Morgan fingerprint density at radius 2 is 2.12 bits per heavy atom. The third-order valence-electron chi connectivity index (χ3n) is 3.84. The molecule has 5 nitrogen and oxygen atoms in total. The highest BCUT2D eigenvalue weighted by molar-refractivity contribution is 7.08. The van der Waals surface area contributed by atoms with Gasteiger partial charge in [0.25, 0.3) is 5.91 Å². The number of thiophene rings is 1. The second kappa shape index (κ2) is 6.98. The van der Waals surface area contributed by atoms with Gasteiger partial charge in [-0.05, 0) is 34.5 Å². The van der Waals surface area contributed by atoms with Gasteiger partial charge in [0.1, 0.15) is 5.82 Å². The molecule has 2 aromatic heterocycles. The first-order chi connectivity index (χ1) is 11.6. The molecule has 24 heavy (non-hydrogen) atoms. The number of anilines is 1. The van der Waals surface area contributed by atoms with Crippen LogP contribution in [0.25, 0.3) is 10.9 Å². The number of aromatic nitrogens is 1. The minimum absolute atomic E-state index is 0.147. The van der Waals surface area contributed by atoms with Crippen molar-refractivity contribution in [3.8, 4) is 0 Å². The number of nitrogens with zero attached hydrogens (tertiary/aromatic N) is 2. The van der Waals surface area contributed by atoms with Gasteiger partial charge in [0.05, 0.1) is 23.7 Å². The van der Waals surface area contributed by atoms with Crippen molar-refractivity contribution in [1.29, 1.82) is 0 Å². The third-order valence-corrected chi connectivity index (χ3v) is 4.54. The number of carbonyl (C=O) groups excluding carboxylic acids is 1. The first-order valence-corrected chi connectivity index (χ1v) is 8.55. The number of pyridine rings is 1. The van der Waals surface area contributed by atoms with Crippen LogP contribution in [0, 0.1) is 0 Å². The molecule has 2 N–H and O–H groups in total. The van der Waals surface area contributed by atoms with Crippen molar-refractivity contribution in [2.75, 3.05) is 25.6 Å². The highest BCUT2D eigenvalue weighted by Crippen LogP contribution is 2.23. The fourth-order valence-corrected chi connectivity index (χ4v) is 3.24. The van der Waals surface area contributed by atoms with E-state index in [0.717, 1.165) is 22.3 Å². The largest absolute Gasteiger partial charge is 0.394 e. The minimum Gasteiger partial charge on any atom is -0.394 e. The van der Waals surface area contributed by atoms with E-state index in [2.05, 4.69) is 10.3 Å². The summed E-state index contributed by atoms with van der Waals surface area (Å²) < 4.78 is 0. The quantitative estimate of drug-likeness (QED) is 0.749. The lowest BCUT2D eigenvalue weighted by Crippen LogP contribution is -2.31. The predicted octanol–water partition coefficient (Wildman–Crippen LogP) is 2.83. The number of fused-ring (bicyclic) bond motifs is 1. The van der Waals surface area contributed by atoms with Crippen LogP contribution in [0.3, 0.4) is 0 Å². The van der Waals surface area contributed by atoms with Gasteiger partial charge in [0.15, 0.2) is 0 Å². The standard InChI is InChI=1S/C18H19N3O2S/c1-21(2)17-9-14(13-5-3-4-6-15(13)19-17)18(23)20-16(10-22)12-7-8-24-11-12/h3-9,11,16,22H,10H2,1-2H3,(H,20,23)/t16-/m1/s1. The molecule has 0 unspecified atom stereocenters. The molecule has 1 amide bonds. The average Bonchev–Trinajstić information content (AvgIpc) is 3.12. The molecule has 0 spiro atoms. The summed E-state index contributed by atoms with van der Waals surface area (Å²) in [6.07, 6.45) is 0. The Morgan fingerprint density at radius 1 is 1.33 bits per heavy atom. The number of hydrogen-bond donors (Lipinski definition) is 2. The summed E-state index contributed by atoms with van der Waals surface area (Å²) in [7, 11) is 3.78. The lowest BCUT2D eigenvalue weighted by atomic mass is 10.1. The molecule has 6 heteroatoms. The van der Waals surface area contributed by atoms with Crippen LogP contribution >= 0.6 is 11.3 Å². The predicted molar refractivity (Wildman–Crippen MR) is 97.7 cm³/mol. The second-order valence-electron chi connectivity index (χ2n) is 5.70. The Morgan fingerprint density at radius 3 is 2.79 bits per heavy atom. The fourth-order valence-electron chi connectivity index (χ4n) is 2.52. The number of para-hydroxylation sites is 1. The van der Waals surface area contributed by atoms with Crippen LogP contribution in [-0.4, -0.2) is 36.7 Å². The maximum atomic E-state index is 12.8. The topological polar surface area (TPSA) is 65.5 Å². The first kappa shape index (κ1) is 16.4. The van der Waals surface area contributed by atoms with E-state index in [1.165, 1.54) is 11.3 Å². The molecule has 3 aromatic rings. The zero-order valence-electron chi connectivity index (χ0n) is 13.6. The van der Waals surface area contributed by atoms with Crippen LogP contribution in [0.4, 0.5) is 5.82 Å². The summed E-state index contributed by atoms with van der Waals surface area (Å²) in [5.74, 6) is 0.497. The van der Waals surface area contributed by atoms with E-state index >= 15 is 0 Å². The van der Waals surface area contributed by atoms with Crippen LogP contribution in [0.1, 0.15) is 22.0 Å². The first-order valence-electron chi connectivity index (χ1n) is 7.61. The number of rotatable bonds is 5. The molecular formula is C18H19N3O2S. The van der Waals surface area contributed by atoms with Crippen LogP contribution in [-0.2, 0) is 0 Å². The van der Waals surface area contributed by atoms with Gasteiger partial charge in [-0.1, -0.05) is 18.2 Å². The number of carbonyl (C=O) groups is 1. The van der Waals surface area contributed by atoms with Crippen LogP contribution in [0.5, 0.6) is 0 Å². The monoisotopic (exact) mass is 341 g/mol. The highest BCUT2D eigenvalue weighted by atomic mass is 32.1. The average molecular weight is 341 g/mol. The van der Waals surface area contributed by atoms with Crippen molar-refractivity contribution < 1.29 is 9.90 Å². The molecular weight excluding hydrogens is 322 g/mol. The molecule has 0 radical (unpaired) electrons. The Labute approximate surface area is 144 Å². The van der Waals surface area contributed by atoms with E-state index in [0.29, 0.717) is 5.56 Å². The van der Waals surface area contributed by atoms with Gasteiger partial charge in [-0.25, -0.2) is 4.98 Å². The van der Waals surface area contributed by atoms with Gasteiger partial charge in [0.2, 0.25) is 0 Å². The third kappa shape index (κ3) is 3.25. The normalized spacial score (nSPS) is 12.1. The number of nitrogens with one attached hydrogen (secondary N) is 1. The summed E-state index contributed by atoms with van der Waals surface area (Å²) in [4.78, 5) is 19.3. The molecule has 0 saturated heterocycles. The van der Waals surface area contributed by atoms with Gasteiger partial charge >= 0.3 is 0 Å². The van der Waals surface area contributed by atoms with E-state index in [-0.39, 0.29) is 12.5 Å². The van der Waals surface area contributed by atoms with Gasteiger partial charge in [-0.3, -0.25) is 4.79 Å². The summed E-state index contributed by atoms with van der Waals surface area (Å²) in [5, 5.41) is 17.2. The van der Waals surface area contributed by atoms with E-state index in [1.54, 1.807) is 6.07 Å². The van der Waals surface area contributed by atoms with Crippen LogP contribution in [0.2, 0.25) is 0 Å². The molecule has 0 fully saturated rings. The van der Waals surface area contributed by atoms with Gasteiger partial charge in [-0.15, -0.1) is 0 Å².